The topological polar surface area (TPSA) is 70.8 Å². The third kappa shape index (κ3) is 5.71. The molecule has 1 aliphatic heterocycles. The fourth-order valence-electron chi connectivity index (χ4n) is 3.56. The summed E-state index contributed by atoms with van der Waals surface area (Å²) in [6.07, 6.45) is 5.53. The van der Waals surface area contributed by atoms with Crippen LogP contribution in [0.3, 0.4) is 0 Å². The number of carbonyl (C=O) groups is 1. The summed E-state index contributed by atoms with van der Waals surface area (Å²) in [5.74, 6) is 1.55. The van der Waals surface area contributed by atoms with Crippen molar-refractivity contribution < 1.29 is 19.0 Å². The Labute approximate surface area is 156 Å². The van der Waals surface area contributed by atoms with Crippen LogP contribution in [0.1, 0.15) is 45.4 Å². The zero-order valence-electron chi connectivity index (χ0n) is 15.6. The SMILES string of the molecule is C[C@@H]1OC(=O)[C@@H](N)CCC[C@H](CCOc2ccccc2)[C@H]1OCC1CC1. The van der Waals surface area contributed by atoms with Crippen molar-refractivity contribution in [1.29, 1.82) is 0 Å². The van der Waals surface area contributed by atoms with Gasteiger partial charge in [0.15, 0.2) is 0 Å². The lowest BCUT2D eigenvalue weighted by Gasteiger charge is -2.31. The van der Waals surface area contributed by atoms with E-state index < -0.39 is 6.04 Å². The summed E-state index contributed by atoms with van der Waals surface area (Å²) in [7, 11) is 0. The summed E-state index contributed by atoms with van der Waals surface area (Å²) in [5, 5.41) is 0. The Hall–Kier alpha value is -1.59. The van der Waals surface area contributed by atoms with Crippen LogP contribution in [0.2, 0.25) is 0 Å². The molecular weight excluding hydrogens is 330 g/mol. The van der Waals surface area contributed by atoms with E-state index in [1.54, 1.807) is 0 Å². The van der Waals surface area contributed by atoms with Gasteiger partial charge in [0.05, 0.1) is 12.7 Å². The monoisotopic (exact) mass is 361 g/mol. The number of cyclic esters (lactones) is 1. The Morgan fingerprint density at radius 2 is 1.92 bits per heavy atom. The molecule has 0 aromatic heterocycles. The first kappa shape index (κ1) is 19.2. The molecule has 2 fully saturated rings. The number of ether oxygens (including phenoxy) is 3. The minimum Gasteiger partial charge on any atom is -0.494 e. The molecule has 0 spiro atoms. The first-order valence-electron chi connectivity index (χ1n) is 9.89. The van der Waals surface area contributed by atoms with Crippen molar-refractivity contribution in [3.05, 3.63) is 30.3 Å². The Bertz CT molecular complexity index is 560. The molecule has 1 saturated heterocycles. The average molecular weight is 361 g/mol. The Morgan fingerprint density at radius 3 is 2.65 bits per heavy atom. The second-order valence-corrected chi connectivity index (χ2v) is 7.63. The van der Waals surface area contributed by atoms with Crippen molar-refractivity contribution in [1.82, 2.24) is 0 Å². The van der Waals surface area contributed by atoms with Crippen LogP contribution in [-0.4, -0.2) is 37.4 Å². The van der Waals surface area contributed by atoms with E-state index in [2.05, 4.69) is 0 Å². The molecule has 1 heterocycles. The lowest BCUT2D eigenvalue weighted by molar-refractivity contribution is -0.160. The van der Waals surface area contributed by atoms with Gasteiger partial charge >= 0.3 is 5.97 Å². The standard InChI is InChI=1S/C21H31NO4/c1-15-20(25-14-16-10-11-16)17(6-5-9-19(22)21(23)26-15)12-13-24-18-7-3-2-4-8-18/h2-4,7-8,15-17,19-20H,5-6,9-14,22H2,1H3/t15-,17+,19-,20-/m0/s1. The van der Waals surface area contributed by atoms with Crippen molar-refractivity contribution in [2.24, 2.45) is 17.6 Å². The average Bonchev–Trinajstić information content (AvgIpc) is 3.45. The maximum atomic E-state index is 12.1. The van der Waals surface area contributed by atoms with Gasteiger partial charge in [-0.3, -0.25) is 4.79 Å². The molecule has 0 amide bonds. The smallest absolute Gasteiger partial charge is 0.323 e. The van der Waals surface area contributed by atoms with E-state index in [0.29, 0.717) is 24.9 Å². The van der Waals surface area contributed by atoms with Gasteiger partial charge in [0.25, 0.3) is 0 Å². The molecule has 26 heavy (non-hydrogen) atoms. The predicted molar refractivity (Wildman–Crippen MR) is 99.9 cm³/mol. The minimum atomic E-state index is -0.527. The van der Waals surface area contributed by atoms with Crippen LogP contribution >= 0.6 is 0 Å². The number of carbonyl (C=O) groups excluding carboxylic acids is 1. The second kappa shape index (κ2) is 9.38. The van der Waals surface area contributed by atoms with E-state index in [9.17, 15) is 4.79 Å². The third-order valence-electron chi connectivity index (χ3n) is 5.34. The fourth-order valence-corrected chi connectivity index (χ4v) is 3.56. The second-order valence-electron chi connectivity index (χ2n) is 7.63. The molecule has 4 atom stereocenters. The number of hydrogen-bond donors (Lipinski definition) is 1. The molecule has 1 aromatic carbocycles. The lowest BCUT2D eigenvalue weighted by Crippen LogP contribution is -2.40. The van der Waals surface area contributed by atoms with Gasteiger partial charge in [-0.1, -0.05) is 24.6 Å². The molecule has 2 N–H and O–H groups in total. The summed E-state index contributed by atoms with van der Waals surface area (Å²) in [6, 6.07) is 9.33. The Balaban J connectivity index is 1.61. The highest BCUT2D eigenvalue weighted by atomic mass is 16.6. The summed E-state index contributed by atoms with van der Waals surface area (Å²) in [5.41, 5.74) is 5.94. The van der Waals surface area contributed by atoms with E-state index in [4.69, 9.17) is 19.9 Å². The van der Waals surface area contributed by atoms with Crippen LogP contribution in [0.4, 0.5) is 0 Å². The number of rotatable bonds is 7. The molecule has 0 unspecified atom stereocenters. The summed E-state index contributed by atoms with van der Waals surface area (Å²) >= 11 is 0. The van der Waals surface area contributed by atoms with Crippen LogP contribution in [0.5, 0.6) is 5.75 Å². The first-order valence-corrected chi connectivity index (χ1v) is 9.89. The van der Waals surface area contributed by atoms with Gasteiger partial charge in [0.1, 0.15) is 17.9 Å². The molecule has 5 heteroatoms. The van der Waals surface area contributed by atoms with Crippen molar-refractivity contribution in [2.75, 3.05) is 13.2 Å². The quantitative estimate of drug-likeness (QED) is 0.755. The maximum absolute atomic E-state index is 12.1. The van der Waals surface area contributed by atoms with Gasteiger partial charge in [0, 0.05) is 6.61 Å². The summed E-state index contributed by atoms with van der Waals surface area (Å²) in [4.78, 5) is 12.1. The Morgan fingerprint density at radius 1 is 1.15 bits per heavy atom. The molecule has 2 aliphatic rings. The van der Waals surface area contributed by atoms with E-state index in [1.807, 2.05) is 37.3 Å². The van der Waals surface area contributed by atoms with E-state index in [0.717, 1.165) is 31.6 Å². The molecule has 144 valence electrons. The molecule has 0 bridgehead atoms. The van der Waals surface area contributed by atoms with Crippen LogP contribution in [0.15, 0.2) is 30.3 Å². The van der Waals surface area contributed by atoms with Gasteiger partial charge in [-0.2, -0.15) is 0 Å². The largest absolute Gasteiger partial charge is 0.494 e. The van der Waals surface area contributed by atoms with Gasteiger partial charge < -0.3 is 19.9 Å². The van der Waals surface area contributed by atoms with Crippen LogP contribution < -0.4 is 10.5 Å². The van der Waals surface area contributed by atoms with Crippen LogP contribution in [0.25, 0.3) is 0 Å². The molecule has 1 aromatic rings. The molecule has 0 radical (unpaired) electrons. The molecule has 5 nitrogen and oxygen atoms in total. The van der Waals surface area contributed by atoms with E-state index in [1.165, 1.54) is 12.8 Å². The maximum Gasteiger partial charge on any atom is 0.323 e. The first-order chi connectivity index (χ1) is 12.6. The number of hydrogen-bond acceptors (Lipinski definition) is 5. The Kier molecular flexibility index (Phi) is 6.92. The van der Waals surface area contributed by atoms with Crippen molar-refractivity contribution in [3.63, 3.8) is 0 Å². The van der Waals surface area contributed by atoms with Crippen LogP contribution in [0, 0.1) is 11.8 Å². The van der Waals surface area contributed by atoms with Gasteiger partial charge in [-0.15, -0.1) is 0 Å². The van der Waals surface area contributed by atoms with E-state index in [-0.39, 0.29) is 18.2 Å². The third-order valence-corrected chi connectivity index (χ3v) is 5.34. The summed E-state index contributed by atoms with van der Waals surface area (Å²) in [6.45, 7) is 3.32. The highest BCUT2D eigenvalue weighted by Crippen LogP contribution is 2.32. The minimum absolute atomic E-state index is 0.0933. The fraction of sp³-hybridized carbons (Fsp3) is 0.667. The number of nitrogens with two attached hydrogens (primary N) is 1. The zero-order chi connectivity index (χ0) is 18.4. The number of esters is 1. The van der Waals surface area contributed by atoms with Crippen molar-refractivity contribution >= 4 is 5.97 Å². The normalized spacial score (nSPS) is 30.0. The zero-order valence-corrected chi connectivity index (χ0v) is 15.6. The van der Waals surface area contributed by atoms with Crippen molar-refractivity contribution in [3.8, 4) is 5.75 Å². The predicted octanol–water partition coefficient (Wildman–Crippen LogP) is 3.31. The highest BCUT2D eigenvalue weighted by Gasteiger charge is 2.34. The van der Waals surface area contributed by atoms with Crippen molar-refractivity contribution in [2.45, 2.75) is 63.7 Å². The number of para-hydroxylation sites is 1. The van der Waals surface area contributed by atoms with Gasteiger partial charge in [-0.05, 0) is 63.0 Å². The van der Waals surface area contributed by atoms with Gasteiger partial charge in [-0.25, -0.2) is 0 Å². The summed E-state index contributed by atoms with van der Waals surface area (Å²) < 4.78 is 17.7. The number of benzene rings is 1. The van der Waals surface area contributed by atoms with Crippen LogP contribution in [-0.2, 0) is 14.3 Å². The highest BCUT2D eigenvalue weighted by molar-refractivity contribution is 5.75. The molecule has 3 rings (SSSR count). The van der Waals surface area contributed by atoms with E-state index >= 15 is 0 Å². The molecule has 1 saturated carbocycles. The lowest BCUT2D eigenvalue weighted by atomic mass is 9.89. The van der Waals surface area contributed by atoms with Gasteiger partial charge in [0.2, 0.25) is 0 Å². The molecule has 1 aliphatic carbocycles. The molecular formula is C21H31NO4.